The predicted molar refractivity (Wildman–Crippen MR) is 125 cm³/mol. The Kier molecular flexibility index (Phi) is 7.84. The Morgan fingerprint density at radius 3 is 2.47 bits per heavy atom. The second-order valence-corrected chi connectivity index (χ2v) is 10.1. The highest BCUT2D eigenvalue weighted by Gasteiger charge is 2.41. The van der Waals surface area contributed by atoms with E-state index in [2.05, 4.69) is 15.9 Å². The van der Waals surface area contributed by atoms with E-state index in [9.17, 15) is 9.59 Å². The fraction of sp³-hybridized carbons (Fsp3) is 0.692. The molecule has 32 heavy (non-hydrogen) atoms. The van der Waals surface area contributed by atoms with Crippen LogP contribution in [0.15, 0.2) is 24.3 Å². The van der Waals surface area contributed by atoms with Gasteiger partial charge in [0, 0.05) is 44.4 Å². The van der Waals surface area contributed by atoms with E-state index in [0.717, 1.165) is 32.5 Å². The Hall–Kier alpha value is -1.92. The Balaban J connectivity index is 1.36. The molecule has 2 bridgehead atoms. The van der Waals surface area contributed by atoms with Crippen LogP contribution in [0.3, 0.4) is 0 Å². The molecule has 0 aromatic heterocycles. The number of piperidine rings is 1. The second kappa shape index (κ2) is 10.8. The molecular formula is C26H39N3O3. The average molecular weight is 442 g/mol. The lowest BCUT2D eigenvalue weighted by atomic mass is 9.84. The third kappa shape index (κ3) is 5.52. The van der Waals surface area contributed by atoms with Crippen molar-refractivity contribution in [3.8, 4) is 0 Å². The van der Waals surface area contributed by atoms with E-state index in [1.165, 1.54) is 50.5 Å². The van der Waals surface area contributed by atoms with Gasteiger partial charge >= 0.3 is 0 Å². The smallest absolute Gasteiger partial charge is 0.248 e. The zero-order chi connectivity index (χ0) is 22.5. The van der Waals surface area contributed by atoms with Crippen LogP contribution in [-0.4, -0.2) is 67.0 Å². The number of rotatable bonds is 9. The zero-order valence-electron chi connectivity index (χ0n) is 19.5. The van der Waals surface area contributed by atoms with Crippen molar-refractivity contribution < 1.29 is 14.3 Å². The minimum absolute atomic E-state index is 0.128. The summed E-state index contributed by atoms with van der Waals surface area (Å²) in [5.41, 5.74) is 7.34. The first kappa shape index (κ1) is 23.2. The van der Waals surface area contributed by atoms with Gasteiger partial charge in [-0.1, -0.05) is 31.4 Å². The van der Waals surface area contributed by atoms with E-state index in [-0.39, 0.29) is 18.4 Å². The number of amides is 2. The van der Waals surface area contributed by atoms with Gasteiger partial charge in [0.25, 0.3) is 0 Å². The molecule has 2 unspecified atom stereocenters. The van der Waals surface area contributed by atoms with Crippen LogP contribution < -0.4 is 5.73 Å². The molecule has 2 amide bonds. The van der Waals surface area contributed by atoms with Gasteiger partial charge in [-0.25, -0.2) is 0 Å². The third-order valence-corrected chi connectivity index (χ3v) is 7.98. The van der Waals surface area contributed by atoms with Gasteiger partial charge < -0.3 is 15.4 Å². The molecule has 0 radical (unpaired) electrons. The maximum atomic E-state index is 12.7. The maximum absolute atomic E-state index is 12.7. The van der Waals surface area contributed by atoms with Crippen molar-refractivity contribution >= 4 is 11.8 Å². The van der Waals surface area contributed by atoms with Crippen molar-refractivity contribution in [3.05, 3.63) is 35.4 Å². The summed E-state index contributed by atoms with van der Waals surface area (Å²) in [6.07, 6.45) is 11.1. The van der Waals surface area contributed by atoms with Crippen molar-refractivity contribution in [3.63, 3.8) is 0 Å². The number of methoxy groups -OCH3 is 1. The second-order valence-electron chi connectivity index (χ2n) is 10.1. The normalized spacial score (nSPS) is 26.2. The molecule has 1 aromatic carbocycles. The molecule has 2 heterocycles. The van der Waals surface area contributed by atoms with Gasteiger partial charge in [-0.2, -0.15) is 0 Å². The van der Waals surface area contributed by atoms with E-state index in [0.29, 0.717) is 29.5 Å². The first-order valence-electron chi connectivity index (χ1n) is 12.5. The lowest BCUT2D eigenvalue weighted by molar-refractivity contribution is -0.136. The summed E-state index contributed by atoms with van der Waals surface area (Å²) >= 11 is 0. The summed E-state index contributed by atoms with van der Waals surface area (Å²) in [4.78, 5) is 29.1. The molecule has 0 spiro atoms. The van der Waals surface area contributed by atoms with Gasteiger partial charge in [0.2, 0.25) is 11.8 Å². The number of ether oxygens (including phenoxy) is 1. The summed E-state index contributed by atoms with van der Waals surface area (Å²) in [6, 6.07) is 9.00. The molecule has 2 saturated heterocycles. The molecule has 2 N–H and O–H groups in total. The van der Waals surface area contributed by atoms with Gasteiger partial charge in [0.05, 0.1) is 0 Å². The van der Waals surface area contributed by atoms with Crippen molar-refractivity contribution in [2.45, 2.75) is 75.8 Å². The zero-order valence-corrected chi connectivity index (χ0v) is 19.5. The topological polar surface area (TPSA) is 75.9 Å². The number of primary amides is 1. The molecule has 3 aliphatic rings. The molecule has 1 aliphatic carbocycles. The molecular weight excluding hydrogens is 402 g/mol. The predicted octanol–water partition coefficient (Wildman–Crippen LogP) is 3.55. The number of nitrogens with two attached hydrogens (primary N) is 1. The lowest BCUT2D eigenvalue weighted by Crippen LogP contribution is -2.48. The summed E-state index contributed by atoms with van der Waals surface area (Å²) in [5, 5.41) is 0. The van der Waals surface area contributed by atoms with Crippen LogP contribution >= 0.6 is 0 Å². The molecule has 2 aliphatic heterocycles. The Labute approximate surface area is 192 Å². The monoisotopic (exact) mass is 441 g/mol. The quantitative estimate of drug-likeness (QED) is 0.636. The first-order chi connectivity index (χ1) is 15.5. The molecule has 4 rings (SSSR count). The number of nitrogens with zero attached hydrogens (tertiary/aromatic N) is 2. The molecule has 3 fully saturated rings. The van der Waals surface area contributed by atoms with Gasteiger partial charge in [-0.3, -0.25) is 14.5 Å². The number of hydrogen-bond donors (Lipinski definition) is 1. The number of hydrogen-bond acceptors (Lipinski definition) is 4. The molecule has 176 valence electrons. The number of carbonyl (C=O) groups is 2. The molecule has 2 atom stereocenters. The average Bonchev–Trinajstić information content (AvgIpc) is 3.04. The third-order valence-electron chi connectivity index (χ3n) is 7.98. The van der Waals surface area contributed by atoms with Gasteiger partial charge in [-0.05, 0) is 68.1 Å². The van der Waals surface area contributed by atoms with E-state index in [1.54, 1.807) is 13.2 Å². The minimum atomic E-state index is -0.356. The standard InChI is InChI=1S/C26H39N3O3/c1-32-18-25(30)28(17-19-6-3-2-4-7-19)12-13-29-23-10-11-24(29)16-22(15-23)20-8-5-9-21(14-20)26(27)31/h5,8-9,14,19,22-24H,2-4,6-7,10-13,15-18H2,1H3,(H2,27,31). The number of carbonyl (C=O) groups excluding carboxylic acids is 2. The van der Waals surface area contributed by atoms with Crippen LogP contribution in [0.4, 0.5) is 0 Å². The summed E-state index contributed by atoms with van der Waals surface area (Å²) in [6.45, 7) is 2.81. The summed E-state index contributed by atoms with van der Waals surface area (Å²) in [5.74, 6) is 0.899. The van der Waals surface area contributed by atoms with Crippen LogP contribution in [0, 0.1) is 5.92 Å². The van der Waals surface area contributed by atoms with Gasteiger partial charge in [0.15, 0.2) is 0 Å². The minimum Gasteiger partial charge on any atom is -0.375 e. The van der Waals surface area contributed by atoms with Crippen LogP contribution in [0.5, 0.6) is 0 Å². The largest absolute Gasteiger partial charge is 0.375 e. The molecule has 6 nitrogen and oxygen atoms in total. The highest BCUT2D eigenvalue weighted by molar-refractivity contribution is 5.92. The van der Waals surface area contributed by atoms with E-state index in [4.69, 9.17) is 10.5 Å². The lowest BCUT2D eigenvalue weighted by Gasteiger charge is -2.40. The first-order valence-corrected chi connectivity index (χ1v) is 12.5. The van der Waals surface area contributed by atoms with Crippen molar-refractivity contribution in [2.24, 2.45) is 11.7 Å². The number of fused-ring (bicyclic) bond motifs is 2. The highest BCUT2D eigenvalue weighted by atomic mass is 16.5. The molecule has 1 saturated carbocycles. The van der Waals surface area contributed by atoms with Gasteiger partial charge in [0.1, 0.15) is 6.61 Å². The highest BCUT2D eigenvalue weighted by Crippen LogP contribution is 2.43. The SMILES string of the molecule is COCC(=O)N(CCN1C2CCC1CC(c1cccc(C(N)=O)c1)C2)CC1CCCCC1. The van der Waals surface area contributed by atoms with E-state index < -0.39 is 0 Å². The van der Waals surface area contributed by atoms with Crippen molar-refractivity contribution in [1.29, 1.82) is 0 Å². The van der Waals surface area contributed by atoms with Crippen LogP contribution in [0.2, 0.25) is 0 Å². The van der Waals surface area contributed by atoms with E-state index >= 15 is 0 Å². The summed E-state index contributed by atoms with van der Waals surface area (Å²) in [7, 11) is 1.61. The van der Waals surface area contributed by atoms with Crippen LogP contribution in [0.25, 0.3) is 0 Å². The van der Waals surface area contributed by atoms with Crippen molar-refractivity contribution in [2.75, 3.05) is 33.4 Å². The molecule has 6 heteroatoms. The van der Waals surface area contributed by atoms with Gasteiger partial charge in [-0.15, -0.1) is 0 Å². The number of benzene rings is 1. The van der Waals surface area contributed by atoms with Crippen LogP contribution in [-0.2, 0) is 9.53 Å². The maximum Gasteiger partial charge on any atom is 0.248 e. The van der Waals surface area contributed by atoms with Crippen molar-refractivity contribution in [1.82, 2.24) is 9.80 Å². The fourth-order valence-electron chi connectivity index (χ4n) is 6.31. The van der Waals surface area contributed by atoms with E-state index in [1.807, 2.05) is 12.1 Å². The molecule has 1 aromatic rings. The summed E-state index contributed by atoms with van der Waals surface area (Å²) < 4.78 is 5.17. The Morgan fingerprint density at radius 1 is 1.09 bits per heavy atom. The Bertz CT molecular complexity index is 778. The fourth-order valence-corrected chi connectivity index (χ4v) is 6.31. The Morgan fingerprint density at radius 2 is 1.81 bits per heavy atom. The van der Waals surface area contributed by atoms with Crippen LogP contribution in [0.1, 0.15) is 79.6 Å².